The molecule has 7 heteroatoms. The molecule has 0 radical (unpaired) electrons. The standard InChI is InChI=1S/C21H21ClFN3S2/c1-3-16(24-2)13-9-10-25-17-11-18(27-21(13)17)20(26-28-12-7-8-12)19-14(22)5-4-6-15(19)23/h3,6,9-12,20,26H,1,4-5,7-8H2,2H3. The maximum absolute atomic E-state index is 14.8. The first-order chi connectivity index (χ1) is 13.6. The maximum Gasteiger partial charge on any atom is 0.125 e. The summed E-state index contributed by atoms with van der Waals surface area (Å²) in [6, 6.07) is 3.68. The van der Waals surface area contributed by atoms with E-state index >= 15 is 0 Å². The third kappa shape index (κ3) is 3.96. The van der Waals surface area contributed by atoms with Gasteiger partial charge in [0.05, 0.1) is 22.0 Å². The number of aliphatic imine (C=N–C) groups is 1. The molecule has 0 bridgehead atoms. The van der Waals surface area contributed by atoms with Crippen molar-refractivity contribution in [3.8, 4) is 0 Å². The van der Waals surface area contributed by atoms with E-state index < -0.39 is 0 Å². The van der Waals surface area contributed by atoms with Crippen molar-refractivity contribution in [2.45, 2.75) is 37.0 Å². The second-order valence-electron chi connectivity index (χ2n) is 6.81. The van der Waals surface area contributed by atoms with Crippen LogP contribution in [0.1, 0.15) is 42.2 Å². The SMILES string of the molecule is C=CC(=NC)c1ccnc2cc(C(NSC3CC3)C3=C(Cl)CCC=C3F)sc12. The maximum atomic E-state index is 14.8. The van der Waals surface area contributed by atoms with Gasteiger partial charge in [-0.3, -0.25) is 14.7 Å². The monoisotopic (exact) mass is 433 g/mol. The molecule has 0 amide bonds. The lowest BCUT2D eigenvalue weighted by Gasteiger charge is -2.23. The Bertz CT molecular complexity index is 1000. The summed E-state index contributed by atoms with van der Waals surface area (Å²) in [5, 5.41) is 1.20. The summed E-state index contributed by atoms with van der Waals surface area (Å²) in [5.74, 6) is -0.224. The molecule has 1 unspecified atom stereocenters. The Hall–Kier alpha value is -1.47. The fourth-order valence-electron chi connectivity index (χ4n) is 3.23. The summed E-state index contributed by atoms with van der Waals surface area (Å²) in [4.78, 5) is 9.84. The topological polar surface area (TPSA) is 37.3 Å². The van der Waals surface area contributed by atoms with E-state index in [-0.39, 0.29) is 11.9 Å². The van der Waals surface area contributed by atoms with Crippen molar-refractivity contribution in [3.63, 3.8) is 0 Å². The number of rotatable bonds is 7. The summed E-state index contributed by atoms with van der Waals surface area (Å²) >= 11 is 9.77. The fraction of sp³-hybridized carbons (Fsp3) is 0.333. The van der Waals surface area contributed by atoms with Gasteiger partial charge in [0.15, 0.2) is 0 Å². The predicted octanol–water partition coefficient (Wildman–Crippen LogP) is 6.48. The first-order valence-electron chi connectivity index (χ1n) is 9.26. The van der Waals surface area contributed by atoms with E-state index in [0.717, 1.165) is 26.4 Å². The number of pyridine rings is 1. The van der Waals surface area contributed by atoms with Gasteiger partial charge in [0.25, 0.3) is 0 Å². The molecular formula is C21H21ClFN3S2. The van der Waals surface area contributed by atoms with Crippen LogP contribution >= 0.6 is 34.9 Å². The molecule has 1 N–H and O–H groups in total. The second kappa shape index (κ2) is 8.49. The zero-order chi connectivity index (χ0) is 19.7. The van der Waals surface area contributed by atoms with Crippen LogP contribution in [0.5, 0.6) is 0 Å². The number of allylic oxidation sites excluding steroid dienone is 3. The van der Waals surface area contributed by atoms with Crippen molar-refractivity contribution in [1.29, 1.82) is 0 Å². The average Bonchev–Trinajstić information content (AvgIpc) is 3.41. The van der Waals surface area contributed by atoms with Crippen molar-refractivity contribution in [2.24, 2.45) is 4.99 Å². The Kier molecular flexibility index (Phi) is 6.01. The molecule has 2 aliphatic rings. The molecule has 0 saturated heterocycles. The van der Waals surface area contributed by atoms with Gasteiger partial charge in [0.1, 0.15) is 5.83 Å². The number of nitrogens with zero attached hydrogens (tertiary/aromatic N) is 2. The highest BCUT2D eigenvalue weighted by molar-refractivity contribution is 7.98. The second-order valence-corrected chi connectivity index (χ2v) is 9.49. The number of nitrogens with one attached hydrogen (secondary N) is 1. The summed E-state index contributed by atoms with van der Waals surface area (Å²) < 4.78 is 19.3. The summed E-state index contributed by atoms with van der Waals surface area (Å²) in [7, 11) is 1.75. The molecule has 0 aliphatic heterocycles. The van der Waals surface area contributed by atoms with E-state index in [0.29, 0.717) is 28.7 Å². The van der Waals surface area contributed by atoms with Gasteiger partial charge in [-0.15, -0.1) is 11.3 Å². The van der Waals surface area contributed by atoms with E-state index in [9.17, 15) is 4.39 Å². The molecule has 2 aromatic rings. The molecule has 2 heterocycles. The van der Waals surface area contributed by atoms with Gasteiger partial charge < -0.3 is 0 Å². The molecule has 1 fully saturated rings. The molecule has 2 aliphatic carbocycles. The zero-order valence-electron chi connectivity index (χ0n) is 15.5. The Morgan fingerprint density at radius 3 is 3.04 bits per heavy atom. The fourth-order valence-corrected chi connectivity index (χ4v) is 5.75. The van der Waals surface area contributed by atoms with Crippen molar-refractivity contribution < 1.29 is 4.39 Å². The summed E-state index contributed by atoms with van der Waals surface area (Å²) in [5.41, 5.74) is 3.24. The third-order valence-electron chi connectivity index (χ3n) is 4.83. The van der Waals surface area contributed by atoms with Crippen molar-refractivity contribution in [1.82, 2.24) is 9.71 Å². The van der Waals surface area contributed by atoms with Crippen LogP contribution in [-0.2, 0) is 0 Å². The van der Waals surface area contributed by atoms with Crippen LogP contribution in [-0.4, -0.2) is 23.0 Å². The van der Waals surface area contributed by atoms with E-state index in [4.69, 9.17) is 11.6 Å². The highest BCUT2D eigenvalue weighted by Gasteiger charge is 2.30. The van der Waals surface area contributed by atoms with Crippen molar-refractivity contribution in [3.05, 3.63) is 63.9 Å². The Morgan fingerprint density at radius 1 is 1.54 bits per heavy atom. The van der Waals surface area contributed by atoms with Gasteiger partial charge in [-0.2, -0.15) is 0 Å². The molecule has 4 rings (SSSR count). The number of hydrogen-bond donors (Lipinski definition) is 1. The number of halogens is 2. The highest BCUT2D eigenvalue weighted by Crippen LogP contribution is 2.44. The lowest BCUT2D eigenvalue weighted by Crippen LogP contribution is -2.19. The minimum atomic E-state index is -0.299. The number of fused-ring (bicyclic) bond motifs is 1. The Balaban J connectivity index is 1.80. The van der Waals surface area contributed by atoms with Gasteiger partial charge in [0.2, 0.25) is 0 Å². The van der Waals surface area contributed by atoms with Crippen molar-refractivity contribution >= 4 is 50.8 Å². The average molecular weight is 434 g/mol. The molecule has 3 nitrogen and oxygen atoms in total. The van der Waals surface area contributed by atoms with Gasteiger partial charge in [0, 0.05) is 39.5 Å². The minimum Gasteiger partial charge on any atom is -0.288 e. The molecule has 1 saturated carbocycles. The van der Waals surface area contributed by atoms with E-state index in [2.05, 4.69) is 21.3 Å². The molecule has 28 heavy (non-hydrogen) atoms. The Morgan fingerprint density at radius 2 is 2.36 bits per heavy atom. The van der Waals surface area contributed by atoms with Crippen LogP contribution in [0.3, 0.4) is 0 Å². The lowest BCUT2D eigenvalue weighted by molar-refractivity contribution is 0.599. The third-order valence-corrected chi connectivity index (χ3v) is 7.62. The molecule has 2 aromatic heterocycles. The summed E-state index contributed by atoms with van der Waals surface area (Å²) in [6.07, 6.45) is 8.87. The number of thiophene rings is 1. The predicted molar refractivity (Wildman–Crippen MR) is 120 cm³/mol. The van der Waals surface area contributed by atoms with Crippen LogP contribution in [0.2, 0.25) is 0 Å². The van der Waals surface area contributed by atoms with Crippen LogP contribution in [0, 0.1) is 0 Å². The molecule has 146 valence electrons. The highest BCUT2D eigenvalue weighted by atomic mass is 35.5. The summed E-state index contributed by atoms with van der Waals surface area (Å²) in [6.45, 7) is 3.86. The Labute approximate surface area is 177 Å². The van der Waals surface area contributed by atoms with Crippen LogP contribution in [0.4, 0.5) is 4.39 Å². The van der Waals surface area contributed by atoms with Crippen molar-refractivity contribution in [2.75, 3.05) is 7.05 Å². The van der Waals surface area contributed by atoms with E-state index in [1.165, 1.54) is 12.8 Å². The first kappa shape index (κ1) is 19.8. The molecule has 0 aromatic carbocycles. The quantitative estimate of drug-likeness (QED) is 0.401. The van der Waals surface area contributed by atoms with Crippen LogP contribution in [0.25, 0.3) is 10.2 Å². The molecule has 0 spiro atoms. The molecular weight excluding hydrogens is 413 g/mol. The smallest absolute Gasteiger partial charge is 0.125 e. The van der Waals surface area contributed by atoms with E-state index in [1.807, 2.05) is 12.1 Å². The van der Waals surface area contributed by atoms with Crippen LogP contribution < -0.4 is 4.72 Å². The largest absolute Gasteiger partial charge is 0.288 e. The first-order valence-corrected chi connectivity index (χ1v) is 11.3. The van der Waals surface area contributed by atoms with Gasteiger partial charge >= 0.3 is 0 Å². The van der Waals surface area contributed by atoms with Gasteiger partial charge in [-0.25, -0.2) is 4.39 Å². The van der Waals surface area contributed by atoms with Gasteiger partial charge in [-0.1, -0.05) is 30.1 Å². The van der Waals surface area contributed by atoms with E-state index in [1.54, 1.807) is 48.7 Å². The lowest BCUT2D eigenvalue weighted by atomic mass is 9.98. The molecule has 1 atom stereocenters. The van der Waals surface area contributed by atoms with Crippen LogP contribution in [0.15, 0.2) is 58.5 Å². The normalized spacial score (nSPS) is 19.1. The van der Waals surface area contributed by atoms with Gasteiger partial charge in [-0.05, 0) is 50.0 Å². The minimum absolute atomic E-state index is 0.224. The zero-order valence-corrected chi connectivity index (χ0v) is 17.9. The number of hydrogen-bond acceptors (Lipinski definition) is 5. The number of aromatic nitrogens is 1.